The van der Waals surface area contributed by atoms with Crippen LogP contribution in [0.15, 0.2) is 29.0 Å². The highest BCUT2D eigenvalue weighted by Crippen LogP contribution is 2.20. The Kier molecular flexibility index (Phi) is 2.83. The van der Waals surface area contributed by atoms with Gasteiger partial charge in [0.05, 0.1) is 0 Å². The molecular formula is C9H10BrN. The van der Waals surface area contributed by atoms with Gasteiger partial charge in [-0.3, -0.25) is 4.98 Å². The summed E-state index contributed by atoms with van der Waals surface area (Å²) in [6.45, 7) is 4.12. The number of nitrogens with zero attached hydrogens (tertiary/aromatic N) is 1. The van der Waals surface area contributed by atoms with Crippen LogP contribution in [0.5, 0.6) is 0 Å². The highest BCUT2D eigenvalue weighted by atomic mass is 79.9. The van der Waals surface area contributed by atoms with Crippen LogP contribution >= 0.6 is 15.9 Å². The molecule has 0 aliphatic rings. The summed E-state index contributed by atoms with van der Waals surface area (Å²) in [5, 5.41) is 0. The summed E-state index contributed by atoms with van der Waals surface area (Å²) in [7, 11) is 0. The lowest BCUT2D eigenvalue weighted by Gasteiger charge is -2.00. The average molecular weight is 212 g/mol. The quantitative estimate of drug-likeness (QED) is 0.696. The molecule has 0 atom stereocenters. The molecule has 1 aromatic heterocycles. The van der Waals surface area contributed by atoms with Crippen molar-refractivity contribution in [2.75, 3.05) is 0 Å². The van der Waals surface area contributed by atoms with E-state index in [0.717, 1.165) is 0 Å². The fourth-order valence-corrected chi connectivity index (χ4v) is 1.03. The molecule has 58 valence electrons. The lowest BCUT2D eigenvalue weighted by atomic mass is 10.1. The predicted octanol–water partition coefficient (Wildman–Crippen LogP) is 3.23. The molecule has 0 N–H and O–H groups in total. The van der Waals surface area contributed by atoms with Gasteiger partial charge in [0.25, 0.3) is 0 Å². The van der Waals surface area contributed by atoms with E-state index in [2.05, 4.69) is 27.8 Å². The second-order valence-electron chi connectivity index (χ2n) is 2.39. The van der Waals surface area contributed by atoms with Crippen LogP contribution in [0.3, 0.4) is 0 Å². The predicted molar refractivity (Wildman–Crippen MR) is 51.4 cm³/mol. The fourth-order valence-electron chi connectivity index (χ4n) is 0.801. The van der Waals surface area contributed by atoms with E-state index in [4.69, 9.17) is 0 Å². The second-order valence-corrected chi connectivity index (χ2v) is 3.58. The molecule has 1 aromatic rings. The molecule has 0 radical (unpaired) electrons. The molecule has 0 saturated heterocycles. The van der Waals surface area contributed by atoms with E-state index in [0.29, 0.717) is 0 Å². The zero-order chi connectivity index (χ0) is 8.27. The maximum Gasteiger partial charge on any atom is 0.0273 e. The van der Waals surface area contributed by atoms with E-state index >= 15 is 0 Å². The standard InChI is InChI=1S/C9H10BrN/c1-7(8(2)10)9-3-5-11-6-4-9/h3-6H,1-2H3/b8-7+. The number of aromatic nitrogens is 1. The molecule has 0 aliphatic carbocycles. The largest absolute Gasteiger partial charge is 0.265 e. The van der Waals surface area contributed by atoms with Gasteiger partial charge in [-0.05, 0) is 41.6 Å². The Bertz CT molecular complexity index is 260. The number of halogens is 1. The Balaban J connectivity index is 3.04. The normalized spacial score (nSPS) is 12.6. The van der Waals surface area contributed by atoms with Crippen molar-refractivity contribution in [1.29, 1.82) is 0 Å². The summed E-state index contributed by atoms with van der Waals surface area (Å²) in [5.74, 6) is 0. The summed E-state index contributed by atoms with van der Waals surface area (Å²) in [4.78, 5) is 3.95. The molecule has 0 aliphatic heterocycles. The molecule has 0 bridgehead atoms. The van der Waals surface area contributed by atoms with Gasteiger partial charge in [0, 0.05) is 12.4 Å². The molecule has 0 aromatic carbocycles. The molecular weight excluding hydrogens is 202 g/mol. The van der Waals surface area contributed by atoms with E-state index in [-0.39, 0.29) is 0 Å². The summed E-state index contributed by atoms with van der Waals surface area (Å²) < 4.78 is 1.17. The number of pyridine rings is 1. The molecule has 1 rings (SSSR count). The average Bonchev–Trinajstić information content (AvgIpc) is 2.05. The Morgan fingerprint density at radius 1 is 1.27 bits per heavy atom. The van der Waals surface area contributed by atoms with Gasteiger partial charge >= 0.3 is 0 Å². The third kappa shape index (κ3) is 2.15. The van der Waals surface area contributed by atoms with Gasteiger partial charge in [-0.25, -0.2) is 0 Å². The summed E-state index contributed by atoms with van der Waals surface area (Å²) in [6.07, 6.45) is 3.60. The van der Waals surface area contributed by atoms with Crippen molar-refractivity contribution in [3.05, 3.63) is 34.6 Å². The van der Waals surface area contributed by atoms with Gasteiger partial charge in [0.2, 0.25) is 0 Å². The number of allylic oxidation sites excluding steroid dienone is 2. The molecule has 2 heteroatoms. The molecule has 0 amide bonds. The van der Waals surface area contributed by atoms with Gasteiger partial charge in [0.15, 0.2) is 0 Å². The van der Waals surface area contributed by atoms with Crippen LogP contribution in [0.1, 0.15) is 19.4 Å². The summed E-state index contributed by atoms with van der Waals surface area (Å²) >= 11 is 3.44. The van der Waals surface area contributed by atoms with Crippen LogP contribution in [0, 0.1) is 0 Å². The minimum absolute atomic E-state index is 1.17. The molecule has 0 saturated carbocycles. The summed E-state index contributed by atoms with van der Waals surface area (Å²) in [5.41, 5.74) is 2.47. The first kappa shape index (κ1) is 8.47. The van der Waals surface area contributed by atoms with Crippen LogP contribution in [0.25, 0.3) is 5.57 Å². The number of hydrogen-bond acceptors (Lipinski definition) is 1. The topological polar surface area (TPSA) is 12.9 Å². The Morgan fingerprint density at radius 2 is 1.82 bits per heavy atom. The van der Waals surface area contributed by atoms with Crippen molar-refractivity contribution in [1.82, 2.24) is 4.98 Å². The Labute approximate surface area is 75.3 Å². The van der Waals surface area contributed by atoms with E-state index in [1.165, 1.54) is 15.6 Å². The molecule has 0 unspecified atom stereocenters. The van der Waals surface area contributed by atoms with Crippen molar-refractivity contribution in [3.63, 3.8) is 0 Å². The monoisotopic (exact) mass is 211 g/mol. The van der Waals surface area contributed by atoms with Gasteiger partial charge in [-0.2, -0.15) is 0 Å². The summed E-state index contributed by atoms with van der Waals surface area (Å²) in [6, 6.07) is 4.00. The van der Waals surface area contributed by atoms with Crippen molar-refractivity contribution in [2.24, 2.45) is 0 Å². The second kappa shape index (κ2) is 3.67. The number of hydrogen-bond donors (Lipinski definition) is 0. The minimum Gasteiger partial charge on any atom is -0.265 e. The van der Waals surface area contributed by atoms with Gasteiger partial charge < -0.3 is 0 Å². The number of rotatable bonds is 1. The third-order valence-electron chi connectivity index (χ3n) is 1.63. The highest BCUT2D eigenvalue weighted by Gasteiger charge is 1.95. The van der Waals surface area contributed by atoms with Gasteiger partial charge in [-0.1, -0.05) is 15.9 Å². The van der Waals surface area contributed by atoms with E-state index in [1.54, 1.807) is 12.4 Å². The van der Waals surface area contributed by atoms with Crippen LogP contribution < -0.4 is 0 Å². The lowest BCUT2D eigenvalue weighted by molar-refractivity contribution is 1.31. The first-order chi connectivity index (χ1) is 5.22. The van der Waals surface area contributed by atoms with Gasteiger partial charge in [-0.15, -0.1) is 0 Å². The van der Waals surface area contributed by atoms with E-state index in [9.17, 15) is 0 Å². The maximum atomic E-state index is 3.95. The van der Waals surface area contributed by atoms with Crippen molar-refractivity contribution in [3.8, 4) is 0 Å². The molecule has 1 nitrogen and oxygen atoms in total. The van der Waals surface area contributed by atoms with Crippen LogP contribution in [0.4, 0.5) is 0 Å². The van der Waals surface area contributed by atoms with Crippen molar-refractivity contribution in [2.45, 2.75) is 13.8 Å². The smallest absolute Gasteiger partial charge is 0.0273 e. The van der Waals surface area contributed by atoms with E-state index < -0.39 is 0 Å². The first-order valence-corrected chi connectivity index (χ1v) is 4.24. The van der Waals surface area contributed by atoms with Crippen molar-refractivity contribution < 1.29 is 0 Å². The minimum atomic E-state index is 1.17. The maximum absolute atomic E-state index is 3.95. The van der Waals surface area contributed by atoms with Crippen LogP contribution in [-0.4, -0.2) is 4.98 Å². The highest BCUT2D eigenvalue weighted by molar-refractivity contribution is 9.11. The third-order valence-corrected chi connectivity index (χ3v) is 2.22. The first-order valence-electron chi connectivity index (χ1n) is 3.45. The molecule has 11 heavy (non-hydrogen) atoms. The lowest BCUT2D eigenvalue weighted by Crippen LogP contribution is -1.80. The van der Waals surface area contributed by atoms with Crippen LogP contribution in [-0.2, 0) is 0 Å². The zero-order valence-electron chi connectivity index (χ0n) is 6.63. The van der Waals surface area contributed by atoms with Gasteiger partial charge in [0.1, 0.15) is 0 Å². The molecule has 0 fully saturated rings. The fraction of sp³-hybridized carbons (Fsp3) is 0.222. The SMILES string of the molecule is C/C(Br)=C(/C)c1ccncc1. The molecule has 1 heterocycles. The van der Waals surface area contributed by atoms with Crippen molar-refractivity contribution >= 4 is 21.5 Å². The van der Waals surface area contributed by atoms with E-state index in [1.807, 2.05) is 19.1 Å². The van der Waals surface area contributed by atoms with Crippen LogP contribution in [0.2, 0.25) is 0 Å². The Hall–Kier alpha value is -0.630. The zero-order valence-corrected chi connectivity index (χ0v) is 8.22. The molecule has 0 spiro atoms. The Morgan fingerprint density at radius 3 is 2.27 bits per heavy atom.